The van der Waals surface area contributed by atoms with E-state index in [1.54, 1.807) is 30.3 Å². The number of esters is 2. The average molecular weight is 774 g/mol. The van der Waals surface area contributed by atoms with E-state index in [0.29, 0.717) is 34.6 Å². The van der Waals surface area contributed by atoms with E-state index in [0.717, 1.165) is 62.4 Å². The van der Waals surface area contributed by atoms with Crippen molar-refractivity contribution in [1.29, 1.82) is 5.41 Å². The lowest BCUT2D eigenvalue weighted by Gasteiger charge is -2.21. The number of hydrogen-bond acceptors (Lipinski definition) is 10. The molecule has 1 aliphatic carbocycles. The number of nitrogen functional groups attached to an aromatic ring is 1. The maximum atomic E-state index is 13.2. The van der Waals surface area contributed by atoms with Gasteiger partial charge in [0, 0.05) is 29.8 Å². The summed E-state index contributed by atoms with van der Waals surface area (Å²) < 4.78 is 22.7. The largest absolute Gasteiger partial charge is 0.511 e. The molecule has 0 atom stereocenters. The standard InChI is InChI=1S/C44H47N5O8/c45-40(46)36-26-33(43(52)54-28-31-15-6-2-7-16-31)19-21-35(36)41-48-37-27-32(20-22-38(37)49(41)25-11-10-14-30-12-4-1-5-13-30)42(51)47-24-23-39(50)55-29-56-44(53)57-34-17-8-3-9-18-34/h1-2,4-7,12-13,15-16,19-22,26-27,34H,3,8-11,14,17-18,23-25,28-29H2,(H3,45,46)(H,47,51). The van der Waals surface area contributed by atoms with Crippen LogP contribution in [0, 0.1) is 5.41 Å². The molecule has 0 aliphatic heterocycles. The fourth-order valence-electron chi connectivity index (χ4n) is 6.79. The van der Waals surface area contributed by atoms with Crippen LogP contribution < -0.4 is 11.1 Å². The molecule has 1 aliphatic rings. The Bertz CT molecular complexity index is 2180. The van der Waals surface area contributed by atoms with E-state index in [-0.39, 0.29) is 37.1 Å². The highest BCUT2D eigenvalue weighted by Crippen LogP contribution is 2.30. The first-order valence-electron chi connectivity index (χ1n) is 19.3. The molecule has 4 aromatic carbocycles. The minimum Gasteiger partial charge on any atom is -0.457 e. The topological polar surface area (TPSA) is 185 Å². The SMILES string of the molecule is N=C(N)c1cc(C(=O)OCc2ccccc2)ccc1-c1nc2cc(C(=O)NCCC(=O)OCOC(=O)OC3CCCCC3)ccc2n1CCCCc1ccccc1. The first kappa shape index (κ1) is 40.2. The van der Waals surface area contributed by atoms with Crippen LogP contribution >= 0.6 is 0 Å². The third-order valence-corrected chi connectivity index (χ3v) is 9.78. The number of amidine groups is 1. The molecule has 1 heterocycles. The molecule has 1 saturated carbocycles. The van der Waals surface area contributed by atoms with E-state index in [1.807, 2.05) is 59.2 Å². The molecule has 0 saturated heterocycles. The Morgan fingerprint density at radius 3 is 2.26 bits per heavy atom. The number of rotatable bonds is 17. The Labute approximate surface area is 331 Å². The number of imidazole rings is 1. The molecule has 13 nitrogen and oxygen atoms in total. The van der Waals surface area contributed by atoms with Crippen molar-refractivity contribution in [3.63, 3.8) is 0 Å². The molecule has 6 rings (SSSR count). The first-order chi connectivity index (χ1) is 27.7. The lowest BCUT2D eigenvalue weighted by molar-refractivity contribution is -0.153. The molecular weight excluding hydrogens is 727 g/mol. The van der Waals surface area contributed by atoms with E-state index in [9.17, 15) is 19.2 Å². The maximum absolute atomic E-state index is 13.2. The van der Waals surface area contributed by atoms with Crippen molar-refractivity contribution in [2.24, 2.45) is 5.73 Å². The number of hydrogen-bond donors (Lipinski definition) is 3. The Morgan fingerprint density at radius 1 is 0.807 bits per heavy atom. The van der Waals surface area contributed by atoms with Gasteiger partial charge in [0.15, 0.2) is 0 Å². The molecule has 1 fully saturated rings. The van der Waals surface area contributed by atoms with E-state index in [1.165, 1.54) is 5.56 Å². The van der Waals surface area contributed by atoms with Gasteiger partial charge in [-0.25, -0.2) is 14.6 Å². The van der Waals surface area contributed by atoms with Gasteiger partial charge in [-0.2, -0.15) is 0 Å². The summed E-state index contributed by atoms with van der Waals surface area (Å²) in [5, 5.41) is 11.2. The number of aromatic nitrogens is 2. The molecule has 296 valence electrons. The van der Waals surface area contributed by atoms with E-state index >= 15 is 0 Å². The van der Waals surface area contributed by atoms with Crippen molar-refractivity contribution in [2.45, 2.75) is 77.0 Å². The van der Waals surface area contributed by atoms with Gasteiger partial charge in [-0.15, -0.1) is 0 Å². The van der Waals surface area contributed by atoms with E-state index < -0.39 is 30.8 Å². The number of benzene rings is 4. The van der Waals surface area contributed by atoms with Crippen LogP contribution in [0.25, 0.3) is 22.4 Å². The number of ether oxygens (including phenoxy) is 4. The van der Waals surface area contributed by atoms with Gasteiger partial charge in [0.05, 0.1) is 23.0 Å². The first-order valence-corrected chi connectivity index (χ1v) is 19.3. The Balaban J connectivity index is 1.13. The number of nitrogens with zero attached hydrogens (tertiary/aromatic N) is 2. The second-order valence-electron chi connectivity index (χ2n) is 13.9. The summed E-state index contributed by atoms with van der Waals surface area (Å²) in [6.45, 7) is 0.111. The molecule has 0 radical (unpaired) electrons. The molecule has 4 N–H and O–H groups in total. The lowest BCUT2D eigenvalue weighted by atomic mass is 9.98. The van der Waals surface area contributed by atoms with Crippen molar-refractivity contribution in [3.8, 4) is 11.4 Å². The lowest BCUT2D eigenvalue weighted by Crippen LogP contribution is -2.27. The monoisotopic (exact) mass is 773 g/mol. The quantitative estimate of drug-likeness (QED) is 0.0214. The van der Waals surface area contributed by atoms with Crippen LogP contribution in [0.1, 0.15) is 88.8 Å². The summed E-state index contributed by atoms with van der Waals surface area (Å²) in [5.74, 6) is -1.32. The summed E-state index contributed by atoms with van der Waals surface area (Å²) in [6, 6.07) is 29.7. The third kappa shape index (κ3) is 11.3. The number of carbonyl (C=O) groups excluding carboxylic acids is 4. The van der Waals surface area contributed by atoms with Crippen molar-refractivity contribution in [2.75, 3.05) is 13.3 Å². The molecule has 13 heteroatoms. The Kier molecular flexibility index (Phi) is 14.0. The highest BCUT2D eigenvalue weighted by atomic mass is 16.8. The number of amides is 1. The number of unbranched alkanes of at least 4 members (excludes halogenated alkanes) is 1. The van der Waals surface area contributed by atoms with Gasteiger partial charge in [0.2, 0.25) is 6.79 Å². The van der Waals surface area contributed by atoms with E-state index in [4.69, 9.17) is 35.1 Å². The van der Waals surface area contributed by atoms with Gasteiger partial charge >= 0.3 is 18.1 Å². The predicted octanol–water partition coefficient (Wildman–Crippen LogP) is 7.47. The van der Waals surface area contributed by atoms with Gasteiger partial charge in [-0.05, 0) is 92.5 Å². The van der Waals surface area contributed by atoms with Crippen molar-refractivity contribution < 1.29 is 38.1 Å². The van der Waals surface area contributed by atoms with Gasteiger partial charge in [0.1, 0.15) is 24.4 Å². The van der Waals surface area contributed by atoms with Gasteiger partial charge < -0.3 is 34.6 Å². The van der Waals surface area contributed by atoms with Crippen LogP contribution in [0.4, 0.5) is 4.79 Å². The zero-order chi connectivity index (χ0) is 40.0. The van der Waals surface area contributed by atoms with Crippen LogP contribution in [0.15, 0.2) is 97.1 Å². The maximum Gasteiger partial charge on any atom is 0.511 e. The van der Waals surface area contributed by atoms with Gasteiger partial charge in [-0.3, -0.25) is 15.0 Å². The fourth-order valence-corrected chi connectivity index (χ4v) is 6.79. The third-order valence-electron chi connectivity index (χ3n) is 9.78. The Hall–Kier alpha value is -6.50. The van der Waals surface area contributed by atoms with E-state index in [2.05, 4.69) is 17.4 Å². The molecule has 0 unspecified atom stereocenters. The predicted molar refractivity (Wildman–Crippen MR) is 213 cm³/mol. The van der Waals surface area contributed by atoms with Crippen molar-refractivity contribution in [3.05, 3.63) is 125 Å². The smallest absolute Gasteiger partial charge is 0.457 e. The van der Waals surface area contributed by atoms with Crippen molar-refractivity contribution in [1.82, 2.24) is 14.9 Å². The Morgan fingerprint density at radius 2 is 1.53 bits per heavy atom. The van der Waals surface area contributed by atoms with Gasteiger partial charge in [0.25, 0.3) is 5.91 Å². The zero-order valence-electron chi connectivity index (χ0n) is 31.7. The van der Waals surface area contributed by atoms with Crippen LogP contribution in [0.2, 0.25) is 0 Å². The fraction of sp³-hybridized carbons (Fsp3) is 0.318. The number of carbonyl (C=O) groups is 4. The molecule has 57 heavy (non-hydrogen) atoms. The molecule has 0 bridgehead atoms. The highest BCUT2D eigenvalue weighted by molar-refractivity contribution is 6.04. The summed E-state index contributed by atoms with van der Waals surface area (Å²) in [7, 11) is 0. The van der Waals surface area contributed by atoms with Crippen LogP contribution in [0.5, 0.6) is 0 Å². The van der Waals surface area contributed by atoms with Gasteiger partial charge in [-0.1, -0.05) is 67.1 Å². The highest BCUT2D eigenvalue weighted by Gasteiger charge is 2.22. The number of nitrogens with two attached hydrogens (primary N) is 1. The summed E-state index contributed by atoms with van der Waals surface area (Å²) in [5.41, 5.74) is 11.0. The molecule has 5 aromatic rings. The minimum atomic E-state index is -0.870. The molecule has 0 spiro atoms. The second-order valence-corrected chi connectivity index (χ2v) is 13.9. The number of nitrogens with one attached hydrogen (secondary N) is 2. The zero-order valence-corrected chi connectivity index (χ0v) is 31.7. The second kappa shape index (κ2) is 19.9. The summed E-state index contributed by atoms with van der Waals surface area (Å²) in [6.07, 6.45) is 6.16. The molecular formula is C44H47N5O8. The van der Waals surface area contributed by atoms with Crippen molar-refractivity contribution >= 4 is 40.9 Å². The molecule has 1 aromatic heterocycles. The van der Waals surface area contributed by atoms with Crippen LogP contribution in [-0.2, 0) is 43.3 Å². The average Bonchev–Trinajstić information content (AvgIpc) is 3.59. The normalized spacial score (nSPS) is 12.8. The molecule has 1 amide bonds. The summed E-state index contributed by atoms with van der Waals surface area (Å²) in [4.78, 5) is 55.3. The summed E-state index contributed by atoms with van der Waals surface area (Å²) >= 11 is 0. The minimum absolute atomic E-state index is 0.00850. The number of fused-ring (bicyclic) bond motifs is 1. The van der Waals surface area contributed by atoms with Crippen LogP contribution in [0.3, 0.4) is 0 Å². The van der Waals surface area contributed by atoms with Crippen LogP contribution in [-0.4, -0.2) is 58.8 Å². The number of aryl methyl sites for hydroxylation is 2.